The number of nitrogens with zero attached hydrogens (tertiary/aromatic N) is 4. The number of pyridine rings is 1. The summed E-state index contributed by atoms with van der Waals surface area (Å²) >= 11 is 0. The van der Waals surface area contributed by atoms with Crippen molar-refractivity contribution < 1.29 is 4.79 Å². The summed E-state index contributed by atoms with van der Waals surface area (Å²) in [5, 5.41) is 10.8. The molecule has 0 radical (unpaired) electrons. The van der Waals surface area contributed by atoms with Gasteiger partial charge in [-0.25, -0.2) is 9.78 Å². The molecule has 8 heteroatoms. The molecule has 2 aromatic heterocycles. The number of hydrogen-bond donors (Lipinski definition) is 2. The topological polar surface area (TPSA) is 96.0 Å². The number of hydrogen-bond acceptors (Lipinski definition) is 5. The molecule has 0 saturated carbocycles. The monoisotopic (exact) mass is 412 g/mol. The number of carbonyl (C=O) groups is 1. The van der Waals surface area contributed by atoms with E-state index in [-0.39, 0.29) is 28.6 Å². The molecule has 8 nitrogen and oxygen atoms in total. The number of imidazole rings is 1. The Morgan fingerprint density at radius 1 is 1.37 bits per heavy atom. The van der Waals surface area contributed by atoms with E-state index in [9.17, 15) is 9.59 Å². The van der Waals surface area contributed by atoms with Crippen molar-refractivity contribution in [1.29, 1.82) is 5.41 Å². The summed E-state index contributed by atoms with van der Waals surface area (Å²) in [6.45, 7) is 8.13. The SMILES string of the molecule is CN/C=C\C(=N)C(=O)N1CCCC(c2ccc3c(n2)n(C)c(=O)n3CC(C)(C)C)C1. The van der Waals surface area contributed by atoms with Crippen LogP contribution in [0.1, 0.15) is 45.2 Å². The van der Waals surface area contributed by atoms with Crippen molar-refractivity contribution in [3.63, 3.8) is 0 Å². The van der Waals surface area contributed by atoms with E-state index >= 15 is 0 Å². The van der Waals surface area contributed by atoms with Gasteiger partial charge in [0.2, 0.25) is 0 Å². The van der Waals surface area contributed by atoms with Crippen LogP contribution in [0, 0.1) is 10.8 Å². The normalized spacial score (nSPS) is 17.6. The van der Waals surface area contributed by atoms with Crippen LogP contribution >= 0.6 is 0 Å². The number of aryl methyl sites for hydroxylation is 1. The average molecular weight is 413 g/mol. The van der Waals surface area contributed by atoms with Crippen molar-refractivity contribution in [2.75, 3.05) is 20.1 Å². The van der Waals surface area contributed by atoms with Gasteiger partial charge in [-0.3, -0.25) is 19.3 Å². The van der Waals surface area contributed by atoms with E-state index in [1.54, 1.807) is 34.3 Å². The quantitative estimate of drug-likeness (QED) is 0.736. The lowest BCUT2D eigenvalue weighted by Gasteiger charge is -2.32. The predicted octanol–water partition coefficient (Wildman–Crippen LogP) is 2.24. The number of fused-ring (bicyclic) bond motifs is 1. The number of carbonyl (C=O) groups excluding carboxylic acids is 1. The zero-order chi connectivity index (χ0) is 22.1. The Labute approximate surface area is 177 Å². The Morgan fingerprint density at radius 3 is 2.77 bits per heavy atom. The second-order valence-corrected chi connectivity index (χ2v) is 9.19. The van der Waals surface area contributed by atoms with Crippen LogP contribution in [-0.4, -0.2) is 50.8 Å². The summed E-state index contributed by atoms with van der Waals surface area (Å²) in [7, 11) is 3.49. The first kappa shape index (κ1) is 21.8. The molecule has 2 N–H and O–H groups in total. The van der Waals surface area contributed by atoms with Gasteiger partial charge in [-0.2, -0.15) is 0 Å². The number of piperidine rings is 1. The highest BCUT2D eigenvalue weighted by Gasteiger charge is 2.28. The summed E-state index contributed by atoms with van der Waals surface area (Å²) in [4.78, 5) is 31.9. The molecule has 0 spiro atoms. The molecule has 0 aliphatic carbocycles. The van der Waals surface area contributed by atoms with Gasteiger partial charge < -0.3 is 10.2 Å². The predicted molar refractivity (Wildman–Crippen MR) is 119 cm³/mol. The molecule has 3 heterocycles. The minimum absolute atomic E-state index is 0.0206. The molecule has 0 bridgehead atoms. The number of amides is 1. The first-order valence-electron chi connectivity index (χ1n) is 10.4. The molecule has 1 aliphatic rings. The maximum atomic E-state index is 12.8. The Balaban J connectivity index is 1.87. The summed E-state index contributed by atoms with van der Waals surface area (Å²) in [6.07, 6.45) is 4.85. The third kappa shape index (κ3) is 4.47. The lowest BCUT2D eigenvalue weighted by atomic mass is 9.94. The van der Waals surface area contributed by atoms with Crippen LogP contribution < -0.4 is 11.0 Å². The lowest BCUT2D eigenvalue weighted by molar-refractivity contribution is -0.125. The zero-order valence-electron chi connectivity index (χ0n) is 18.5. The highest BCUT2D eigenvalue weighted by molar-refractivity contribution is 6.41. The molecule has 1 aliphatic heterocycles. The largest absolute Gasteiger partial charge is 0.394 e. The van der Waals surface area contributed by atoms with Gasteiger partial charge in [0.25, 0.3) is 5.91 Å². The van der Waals surface area contributed by atoms with E-state index < -0.39 is 0 Å². The van der Waals surface area contributed by atoms with E-state index in [4.69, 9.17) is 10.4 Å². The molecule has 0 aromatic carbocycles. The molecular weight excluding hydrogens is 380 g/mol. The maximum absolute atomic E-state index is 12.8. The summed E-state index contributed by atoms with van der Waals surface area (Å²) in [5.74, 6) is -0.176. The first-order chi connectivity index (χ1) is 14.1. The van der Waals surface area contributed by atoms with Crippen LogP contribution in [0.15, 0.2) is 29.2 Å². The van der Waals surface area contributed by atoms with Gasteiger partial charge in [0.1, 0.15) is 5.71 Å². The summed E-state index contributed by atoms with van der Waals surface area (Å²) in [6, 6.07) is 3.95. The molecule has 1 saturated heterocycles. The van der Waals surface area contributed by atoms with Crippen LogP contribution in [0.4, 0.5) is 0 Å². The second-order valence-electron chi connectivity index (χ2n) is 9.19. The number of aromatic nitrogens is 3. The van der Waals surface area contributed by atoms with E-state index in [1.807, 2.05) is 12.1 Å². The van der Waals surface area contributed by atoms with Crippen LogP contribution in [0.3, 0.4) is 0 Å². The third-order valence-electron chi connectivity index (χ3n) is 5.41. The van der Waals surface area contributed by atoms with Crippen molar-refractivity contribution in [2.24, 2.45) is 12.5 Å². The van der Waals surface area contributed by atoms with Crippen molar-refractivity contribution in [3.8, 4) is 0 Å². The minimum atomic E-state index is -0.268. The molecule has 1 unspecified atom stereocenters. The van der Waals surface area contributed by atoms with E-state index in [2.05, 4.69) is 26.1 Å². The first-order valence-corrected chi connectivity index (χ1v) is 10.4. The summed E-state index contributed by atoms with van der Waals surface area (Å²) < 4.78 is 3.40. The standard InChI is InChI=1S/C22H32N6O2/c1-22(2,3)14-28-18-9-8-17(25-19(18)26(5)21(28)30)15-7-6-12-27(13-15)20(29)16(23)10-11-24-4/h8-11,15,23-24H,6-7,12-14H2,1-5H3/b11-10-,23-16?. The van der Waals surface area contributed by atoms with Crippen molar-refractivity contribution in [2.45, 2.75) is 46.1 Å². The molecular formula is C22H32N6O2. The van der Waals surface area contributed by atoms with Gasteiger partial charge in [0.05, 0.1) is 5.52 Å². The van der Waals surface area contributed by atoms with E-state index in [0.717, 1.165) is 24.1 Å². The van der Waals surface area contributed by atoms with Gasteiger partial charge in [-0.05, 0) is 42.7 Å². The number of likely N-dealkylation sites (tertiary alicyclic amines) is 1. The fourth-order valence-corrected chi connectivity index (χ4v) is 3.95. The van der Waals surface area contributed by atoms with Gasteiger partial charge in [0.15, 0.2) is 5.65 Å². The van der Waals surface area contributed by atoms with Crippen LogP contribution in [0.2, 0.25) is 0 Å². The molecule has 1 atom stereocenters. The molecule has 1 amide bonds. The Bertz CT molecular complexity index is 1040. The van der Waals surface area contributed by atoms with Crippen LogP contribution in [0.5, 0.6) is 0 Å². The number of rotatable bonds is 5. The maximum Gasteiger partial charge on any atom is 0.330 e. The Hall–Kier alpha value is -2.90. The Morgan fingerprint density at radius 2 is 2.10 bits per heavy atom. The van der Waals surface area contributed by atoms with Gasteiger partial charge in [-0.1, -0.05) is 20.8 Å². The highest BCUT2D eigenvalue weighted by atomic mass is 16.2. The lowest BCUT2D eigenvalue weighted by Crippen LogP contribution is -2.42. The second kappa shape index (κ2) is 8.45. The molecule has 1 fully saturated rings. The van der Waals surface area contributed by atoms with Gasteiger partial charge >= 0.3 is 5.69 Å². The van der Waals surface area contributed by atoms with Crippen molar-refractivity contribution in [3.05, 3.63) is 40.6 Å². The van der Waals surface area contributed by atoms with E-state index in [0.29, 0.717) is 25.3 Å². The van der Waals surface area contributed by atoms with Crippen molar-refractivity contribution in [1.82, 2.24) is 24.3 Å². The highest BCUT2D eigenvalue weighted by Crippen LogP contribution is 2.28. The summed E-state index contributed by atoms with van der Waals surface area (Å²) in [5.41, 5.74) is 2.29. The Kier molecular flexibility index (Phi) is 6.14. The molecule has 2 aromatic rings. The van der Waals surface area contributed by atoms with Crippen LogP contribution in [-0.2, 0) is 18.4 Å². The van der Waals surface area contributed by atoms with Crippen LogP contribution in [0.25, 0.3) is 11.2 Å². The fraction of sp³-hybridized carbons (Fsp3) is 0.545. The molecule has 30 heavy (non-hydrogen) atoms. The van der Waals surface area contributed by atoms with E-state index in [1.165, 1.54) is 6.08 Å². The van der Waals surface area contributed by atoms with Gasteiger partial charge in [0, 0.05) is 45.3 Å². The van der Waals surface area contributed by atoms with Crippen molar-refractivity contribution >= 4 is 22.8 Å². The zero-order valence-corrected chi connectivity index (χ0v) is 18.5. The van der Waals surface area contributed by atoms with Gasteiger partial charge in [-0.15, -0.1) is 0 Å². The molecule has 162 valence electrons. The minimum Gasteiger partial charge on any atom is -0.394 e. The third-order valence-corrected chi connectivity index (χ3v) is 5.41. The smallest absolute Gasteiger partial charge is 0.330 e. The fourth-order valence-electron chi connectivity index (χ4n) is 3.95. The number of nitrogens with one attached hydrogen (secondary N) is 2. The molecule has 3 rings (SSSR count). The average Bonchev–Trinajstić information content (AvgIpc) is 2.94.